The Bertz CT molecular complexity index is 1450. The van der Waals surface area contributed by atoms with E-state index in [2.05, 4.69) is 5.32 Å². The van der Waals surface area contributed by atoms with Crippen molar-refractivity contribution >= 4 is 41.7 Å². The van der Waals surface area contributed by atoms with E-state index in [1.807, 2.05) is 13.0 Å². The molecule has 3 amide bonds. The molecule has 4 rings (SSSR count). The van der Waals surface area contributed by atoms with Crippen molar-refractivity contribution < 1.29 is 48.0 Å². The number of alkyl carbamates (subject to hydrolysis) is 1. The highest BCUT2D eigenvalue weighted by Crippen LogP contribution is 2.49. The molecule has 2 saturated heterocycles. The zero-order valence-corrected chi connectivity index (χ0v) is 28.7. The molecule has 3 aliphatic rings. The third-order valence-electron chi connectivity index (χ3n) is 9.33. The van der Waals surface area contributed by atoms with Gasteiger partial charge in [0.05, 0.1) is 25.3 Å². The summed E-state index contributed by atoms with van der Waals surface area (Å²) in [6, 6.07) is 2.63. The first-order chi connectivity index (χ1) is 22.1. The number of ether oxygens (including phenoxy) is 5. The summed E-state index contributed by atoms with van der Waals surface area (Å²) in [7, 11) is 5.92. The molecule has 0 radical (unpaired) electrons. The van der Waals surface area contributed by atoms with Crippen LogP contribution >= 0.6 is 11.6 Å². The monoisotopic (exact) mass is 677 g/mol. The molecule has 2 N–H and O–H groups in total. The zero-order chi connectivity index (χ0) is 34.8. The van der Waals surface area contributed by atoms with Gasteiger partial charge in [-0.1, -0.05) is 42.3 Å². The molecule has 8 atom stereocenters. The topological polar surface area (TPSA) is 156 Å². The van der Waals surface area contributed by atoms with Gasteiger partial charge in [0.25, 0.3) is 0 Å². The van der Waals surface area contributed by atoms with Gasteiger partial charge in [0.1, 0.15) is 40.7 Å². The summed E-state index contributed by atoms with van der Waals surface area (Å²) in [4.78, 5) is 53.7. The number of methoxy groups -OCH3 is 2. The Morgan fingerprint density at radius 1 is 1.30 bits per heavy atom. The lowest BCUT2D eigenvalue weighted by Crippen LogP contribution is -2.63. The van der Waals surface area contributed by atoms with Gasteiger partial charge in [0.2, 0.25) is 12.3 Å². The maximum atomic E-state index is 13.9. The molecular weight excluding hydrogens is 634 g/mol. The van der Waals surface area contributed by atoms with E-state index in [1.54, 1.807) is 45.2 Å². The Labute approximate surface area is 279 Å². The number of benzene rings is 1. The number of hydrogen-bond donors (Lipinski definition) is 2. The Hall–Kier alpha value is -3.65. The molecule has 0 saturated carbocycles. The number of hydrogen-bond acceptors (Lipinski definition) is 10. The van der Waals surface area contributed by atoms with Crippen LogP contribution in [0.25, 0.3) is 0 Å². The Kier molecular flexibility index (Phi) is 11.0. The summed E-state index contributed by atoms with van der Waals surface area (Å²) in [6.07, 6.45) is 1.53. The number of nitrogens with zero attached hydrogens (tertiary/aromatic N) is 2. The summed E-state index contributed by atoms with van der Waals surface area (Å²) >= 11 is 6.69. The molecule has 47 heavy (non-hydrogen) atoms. The number of carbonyl (C=O) groups excluding carboxylic acids is 4. The van der Waals surface area contributed by atoms with Crippen molar-refractivity contribution in [3.05, 3.63) is 46.5 Å². The minimum atomic E-state index is -1.81. The molecule has 13 nitrogen and oxygen atoms in total. The molecule has 4 bridgehead atoms. The van der Waals surface area contributed by atoms with Gasteiger partial charge in [0.15, 0.2) is 5.72 Å². The van der Waals surface area contributed by atoms with Crippen LogP contribution in [0.15, 0.2) is 35.9 Å². The summed E-state index contributed by atoms with van der Waals surface area (Å²) < 4.78 is 28.8. The minimum absolute atomic E-state index is 0.0429. The number of likely N-dealkylation sites (N-methyl/N-ethyl adjacent to an activating group) is 1. The predicted octanol–water partition coefficient (Wildman–Crippen LogP) is 3.14. The molecular formula is C33H44ClN3O10. The molecule has 3 aliphatic heterocycles. The van der Waals surface area contributed by atoms with Crippen molar-refractivity contribution in [3.8, 4) is 5.75 Å². The number of halogens is 1. The predicted molar refractivity (Wildman–Crippen MR) is 172 cm³/mol. The molecule has 0 spiro atoms. The highest BCUT2D eigenvalue weighted by atomic mass is 35.5. The highest BCUT2D eigenvalue weighted by molar-refractivity contribution is 6.35. The van der Waals surface area contributed by atoms with E-state index in [4.69, 9.17) is 35.3 Å². The first-order valence-electron chi connectivity index (χ1n) is 15.3. The van der Waals surface area contributed by atoms with Gasteiger partial charge in [-0.15, -0.1) is 0 Å². The number of carbonyl (C=O) groups is 4. The number of fused-ring (bicyclic) bond motifs is 5. The van der Waals surface area contributed by atoms with Crippen LogP contribution < -0.4 is 15.0 Å². The maximum Gasteiger partial charge on any atom is 0.409 e. The largest absolute Gasteiger partial charge is 0.495 e. The lowest BCUT2D eigenvalue weighted by Gasteiger charge is -2.42. The Morgan fingerprint density at radius 2 is 2.00 bits per heavy atom. The third kappa shape index (κ3) is 7.58. The molecule has 1 aromatic carbocycles. The number of epoxide rings is 1. The lowest BCUT2D eigenvalue weighted by atomic mass is 9.83. The van der Waals surface area contributed by atoms with Crippen molar-refractivity contribution in [1.82, 2.24) is 10.2 Å². The van der Waals surface area contributed by atoms with Gasteiger partial charge in [-0.2, -0.15) is 0 Å². The van der Waals surface area contributed by atoms with Crippen molar-refractivity contribution in [1.29, 1.82) is 0 Å². The Morgan fingerprint density at radius 3 is 2.64 bits per heavy atom. The van der Waals surface area contributed by atoms with E-state index in [0.29, 0.717) is 24.3 Å². The molecule has 1 aromatic rings. The standard InChI is InChI=1S/C33H44ClN3O10/c1-18-10-9-11-25(44-8)33(42)16-24(45-31(41)35-33)19(2)29-32(4,47-29)26(46-30(40)20(3)36(5)17-38)15-27(39)37(6)22-13-21(12-18)14-23(43-7)28(22)34/h9-11,13-14,17,19-20,24-26,29,42H,12,15-16H2,1-8H3,(H,35,41)/b11-9+,18-10+/t19?,20-,24?,25?,26?,29?,32?,33?/m0/s1. The number of nitrogens with one attached hydrogen (secondary N) is 1. The fourth-order valence-corrected chi connectivity index (χ4v) is 6.41. The number of allylic oxidation sites excluding steroid dienone is 3. The molecule has 0 aromatic heterocycles. The van der Waals surface area contributed by atoms with Crippen LogP contribution in [0.2, 0.25) is 5.02 Å². The average molecular weight is 678 g/mol. The van der Waals surface area contributed by atoms with E-state index in [-0.39, 0.29) is 17.9 Å². The van der Waals surface area contributed by atoms with Gasteiger partial charge in [0, 0.05) is 33.5 Å². The summed E-state index contributed by atoms with van der Waals surface area (Å²) in [5.74, 6) is -1.30. The second-order valence-electron chi connectivity index (χ2n) is 12.7. The number of rotatable bonds is 6. The van der Waals surface area contributed by atoms with Crippen molar-refractivity contribution in [2.45, 2.75) is 88.7 Å². The lowest BCUT2D eigenvalue weighted by molar-refractivity contribution is -0.160. The van der Waals surface area contributed by atoms with Crippen LogP contribution in [0.4, 0.5) is 10.5 Å². The van der Waals surface area contributed by atoms with E-state index in [1.165, 1.54) is 33.1 Å². The smallest absolute Gasteiger partial charge is 0.409 e. The summed E-state index contributed by atoms with van der Waals surface area (Å²) in [6.45, 7) is 6.92. The van der Waals surface area contributed by atoms with Gasteiger partial charge < -0.3 is 38.6 Å². The quantitative estimate of drug-likeness (QED) is 0.261. The molecule has 7 unspecified atom stereocenters. The first kappa shape index (κ1) is 36.2. The number of amides is 3. The second-order valence-corrected chi connectivity index (χ2v) is 13.0. The van der Waals surface area contributed by atoms with Gasteiger partial charge in [-0.05, 0) is 44.9 Å². The van der Waals surface area contributed by atoms with Crippen molar-refractivity contribution in [2.24, 2.45) is 5.92 Å². The van der Waals surface area contributed by atoms with Crippen LogP contribution in [0.3, 0.4) is 0 Å². The van der Waals surface area contributed by atoms with Crippen molar-refractivity contribution in [3.63, 3.8) is 0 Å². The SMILES string of the molecule is COc1cc2cc(c1Cl)N(C)C(=O)CC(OC(=O)[C@H](C)N(C)C=O)C1(C)OC1C(C)C1CC(O)(NC(=O)O1)C(OC)/C=C/C=C(\C)C2. The zero-order valence-electron chi connectivity index (χ0n) is 27.9. The fourth-order valence-electron chi connectivity index (χ4n) is 6.10. The van der Waals surface area contributed by atoms with Gasteiger partial charge in [-0.25, -0.2) is 9.59 Å². The summed E-state index contributed by atoms with van der Waals surface area (Å²) in [5, 5.41) is 14.4. The van der Waals surface area contributed by atoms with Gasteiger partial charge >= 0.3 is 12.1 Å². The second kappa shape index (κ2) is 14.2. The van der Waals surface area contributed by atoms with Crippen molar-refractivity contribution in [2.75, 3.05) is 33.2 Å². The van der Waals surface area contributed by atoms with Crippen LogP contribution in [-0.2, 0) is 39.8 Å². The fraction of sp³-hybridized carbons (Fsp3) is 0.576. The normalized spacial score (nSPS) is 33.6. The number of aliphatic hydroxyl groups is 1. The van der Waals surface area contributed by atoms with Crippen LogP contribution in [-0.4, -0.2) is 104 Å². The molecule has 2 fully saturated rings. The average Bonchev–Trinajstić information content (AvgIpc) is 3.73. The van der Waals surface area contributed by atoms with Crippen LogP contribution in [0, 0.1) is 5.92 Å². The third-order valence-corrected chi connectivity index (χ3v) is 9.71. The van der Waals surface area contributed by atoms with E-state index >= 15 is 0 Å². The van der Waals surface area contributed by atoms with Crippen LogP contribution in [0.1, 0.15) is 46.1 Å². The van der Waals surface area contributed by atoms with E-state index in [0.717, 1.165) is 16.0 Å². The summed E-state index contributed by atoms with van der Waals surface area (Å²) in [5.41, 5.74) is -0.866. The van der Waals surface area contributed by atoms with Gasteiger partial charge in [-0.3, -0.25) is 14.9 Å². The molecule has 14 heteroatoms. The Balaban J connectivity index is 1.80. The maximum absolute atomic E-state index is 13.9. The van der Waals surface area contributed by atoms with E-state index < -0.39 is 65.7 Å². The van der Waals surface area contributed by atoms with Crippen LogP contribution in [0.5, 0.6) is 5.75 Å². The highest BCUT2D eigenvalue weighted by Gasteiger charge is 2.64. The minimum Gasteiger partial charge on any atom is -0.495 e. The van der Waals surface area contributed by atoms with E-state index in [9.17, 15) is 24.3 Å². The number of anilines is 1. The molecule has 3 heterocycles. The molecule has 258 valence electrons. The number of esters is 1. The first-order valence-corrected chi connectivity index (χ1v) is 15.7. The molecule has 0 aliphatic carbocycles.